The number of thioether (sulfide) groups is 1. The molecule has 7 heteroatoms. The molecule has 4 nitrogen and oxygen atoms in total. The molecule has 0 fully saturated rings. The van der Waals surface area contributed by atoms with Crippen LogP contribution in [0.4, 0.5) is 14.5 Å². The molecule has 2 N–H and O–H groups in total. The first kappa shape index (κ1) is 12.6. The Labute approximate surface area is 106 Å². The summed E-state index contributed by atoms with van der Waals surface area (Å²) in [5.74, 6) is -2.93. The van der Waals surface area contributed by atoms with Gasteiger partial charge in [0.15, 0.2) is 0 Å². The van der Waals surface area contributed by atoms with Crippen molar-refractivity contribution < 1.29 is 13.6 Å². The van der Waals surface area contributed by atoms with E-state index in [1.54, 1.807) is 18.2 Å². The summed E-state index contributed by atoms with van der Waals surface area (Å²) in [6, 6.07) is 6.41. The van der Waals surface area contributed by atoms with Crippen molar-refractivity contribution in [3.05, 3.63) is 42.2 Å². The number of amides is 1. The highest BCUT2D eigenvalue weighted by molar-refractivity contribution is 7.99. The molecule has 2 aromatic rings. The van der Waals surface area contributed by atoms with E-state index in [1.807, 2.05) is 0 Å². The zero-order chi connectivity index (χ0) is 13.0. The van der Waals surface area contributed by atoms with Gasteiger partial charge >= 0.3 is 0 Å². The molecule has 2 rings (SSSR count). The van der Waals surface area contributed by atoms with E-state index in [-0.39, 0.29) is 0 Å². The molecule has 0 radical (unpaired) electrons. The second-order valence-corrected chi connectivity index (χ2v) is 4.35. The Morgan fingerprint density at radius 1 is 1.39 bits per heavy atom. The third-order valence-corrected chi connectivity index (χ3v) is 2.90. The Balaban J connectivity index is 2.16. The van der Waals surface area contributed by atoms with Crippen LogP contribution in [0.3, 0.4) is 0 Å². The van der Waals surface area contributed by atoms with Crippen LogP contribution in [0.5, 0.6) is 0 Å². The number of rotatable bonds is 4. The number of nitrogens with one attached hydrogen (secondary N) is 2. The minimum absolute atomic E-state index is 0.323. The van der Waals surface area contributed by atoms with Gasteiger partial charge in [-0.3, -0.25) is 9.89 Å². The summed E-state index contributed by atoms with van der Waals surface area (Å²) in [5.41, 5.74) is 0.695. The molecule has 1 heterocycles. The number of aromatic nitrogens is 2. The zero-order valence-electron chi connectivity index (χ0n) is 9.06. The number of benzene rings is 1. The van der Waals surface area contributed by atoms with Crippen molar-refractivity contribution in [2.24, 2.45) is 0 Å². The number of carbonyl (C=O) groups is 1. The van der Waals surface area contributed by atoms with Crippen molar-refractivity contribution in [3.63, 3.8) is 0 Å². The number of carbonyl (C=O) groups excluding carboxylic acids is 1. The lowest BCUT2D eigenvalue weighted by Gasteiger charge is -2.09. The summed E-state index contributed by atoms with van der Waals surface area (Å²) in [4.78, 5) is 12.1. The van der Waals surface area contributed by atoms with Crippen molar-refractivity contribution in [1.29, 1.82) is 0 Å². The lowest BCUT2D eigenvalue weighted by molar-refractivity contribution is 0.102. The smallest absolute Gasteiger partial charge is 0.288 e. The second-order valence-electron chi connectivity index (χ2n) is 3.32. The van der Waals surface area contributed by atoms with Crippen molar-refractivity contribution >= 4 is 23.4 Å². The normalized spacial score (nSPS) is 10.6. The fourth-order valence-electron chi connectivity index (χ4n) is 1.34. The summed E-state index contributed by atoms with van der Waals surface area (Å²) in [7, 11) is 0. The molecule has 0 saturated heterocycles. The highest BCUT2D eigenvalue weighted by atomic mass is 32.2. The van der Waals surface area contributed by atoms with Gasteiger partial charge in [0, 0.05) is 11.1 Å². The Kier molecular flexibility index (Phi) is 3.93. The largest absolute Gasteiger partial charge is 0.321 e. The van der Waals surface area contributed by atoms with Crippen LogP contribution in [0.15, 0.2) is 41.6 Å². The summed E-state index contributed by atoms with van der Waals surface area (Å²) in [6.07, 6.45) is 2.79. The first-order valence-corrected chi connectivity index (χ1v) is 5.89. The number of para-hydroxylation sites is 1. The van der Waals surface area contributed by atoms with E-state index in [0.29, 0.717) is 27.9 Å². The third kappa shape index (κ3) is 3.07. The quantitative estimate of drug-likeness (QED) is 0.839. The maximum Gasteiger partial charge on any atom is 0.288 e. The summed E-state index contributed by atoms with van der Waals surface area (Å²) in [6.45, 7) is 0. The van der Waals surface area contributed by atoms with Gasteiger partial charge in [0.05, 0.1) is 17.4 Å². The SMILES string of the molecule is O=C(Nc1ccccc1SC(F)F)c1cn[nH]c1. The summed E-state index contributed by atoms with van der Waals surface area (Å²) < 4.78 is 24.7. The van der Waals surface area contributed by atoms with E-state index in [1.165, 1.54) is 18.5 Å². The average Bonchev–Trinajstić information content (AvgIpc) is 2.84. The predicted octanol–water partition coefficient (Wildman–Crippen LogP) is 2.98. The zero-order valence-corrected chi connectivity index (χ0v) is 9.88. The molecule has 0 aliphatic heterocycles. The summed E-state index contributed by atoms with van der Waals surface area (Å²) >= 11 is 0.393. The van der Waals surface area contributed by atoms with Gasteiger partial charge in [-0.15, -0.1) is 0 Å². The van der Waals surface area contributed by atoms with E-state index in [9.17, 15) is 13.6 Å². The highest BCUT2D eigenvalue weighted by Crippen LogP contribution is 2.31. The van der Waals surface area contributed by atoms with E-state index >= 15 is 0 Å². The Bertz CT molecular complexity index is 531. The van der Waals surface area contributed by atoms with Gasteiger partial charge in [-0.1, -0.05) is 23.9 Å². The minimum atomic E-state index is -2.53. The molecule has 0 unspecified atom stereocenters. The average molecular weight is 269 g/mol. The van der Waals surface area contributed by atoms with E-state index in [4.69, 9.17) is 0 Å². The molecule has 94 valence electrons. The fraction of sp³-hybridized carbons (Fsp3) is 0.0909. The summed E-state index contributed by atoms with van der Waals surface area (Å²) in [5, 5.41) is 8.72. The Morgan fingerprint density at radius 2 is 2.17 bits per heavy atom. The van der Waals surface area contributed by atoms with Crippen LogP contribution in [-0.4, -0.2) is 21.9 Å². The van der Waals surface area contributed by atoms with Gasteiger partial charge in [-0.05, 0) is 12.1 Å². The molecule has 1 amide bonds. The maximum atomic E-state index is 12.3. The van der Waals surface area contributed by atoms with Crippen LogP contribution >= 0.6 is 11.8 Å². The van der Waals surface area contributed by atoms with Gasteiger partial charge in [0.1, 0.15) is 0 Å². The predicted molar refractivity (Wildman–Crippen MR) is 64.8 cm³/mol. The standard InChI is InChI=1S/C11H9F2N3OS/c12-11(13)18-9-4-2-1-3-8(9)16-10(17)7-5-14-15-6-7/h1-6,11H,(H,14,15)(H,16,17). The number of aromatic amines is 1. The monoisotopic (exact) mass is 269 g/mol. The number of hydrogen-bond acceptors (Lipinski definition) is 3. The molecule has 1 aromatic heterocycles. The van der Waals surface area contributed by atoms with Crippen molar-refractivity contribution in [2.45, 2.75) is 10.7 Å². The maximum absolute atomic E-state index is 12.3. The molecular weight excluding hydrogens is 260 g/mol. The second kappa shape index (κ2) is 5.63. The van der Waals surface area contributed by atoms with Crippen molar-refractivity contribution in [2.75, 3.05) is 5.32 Å². The van der Waals surface area contributed by atoms with Crippen LogP contribution in [-0.2, 0) is 0 Å². The molecule has 0 bridgehead atoms. The molecule has 0 aliphatic carbocycles. The Morgan fingerprint density at radius 3 is 2.83 bits per heavy atom. The van der Waals surface area contributed by atoms with Crippen LogP contribution < -0.4 is 5.32 Å². The number of alkyl halides is 2. The first-order chi connectivity index (χ1) is 8.66. The van der Waals surface area contributed by atoms with Gasteiger partial charge < -0.3 is 5.32 Å². The number of H-pyrrole nitrogens is 1. The van der Waals surface area contributed by atoms with E-state index in [0.717, 1.165) is 0 Å². The molecule has 0 aliphatic rings. The van der Waals surface area contributed by atoms with Crippen molar-refractivity contribution in [3.8, 4) is 0 Å². The first-order valence-electron chi connectivity index (χ1n) is 5.01. The lowest BCUT2D eigenvalue weighted by atomic mass is 10.3. The van der Waals surface area contributed by atoms with Crippen LogP contribution in [0.1, 0.15) is 10.4 Å². The van der Waals surface area contributed by atoms with E-state index < -0.39 is 11.7 Å². The number of hydrogen-bond donors (Lipinski definition) is 2. The topological polar surface area (TPSA) is 57.8 Å². The molecule has 0 atom stereocenters. The number of halogens is 2. The molecule has 1 aromatic carbocycles. The van der Waals surface area contributed by atoms with Crippen LogP contribution in [0.25, 0.3) is 0 Å². The number of anilines is 1. The van der Waals surface area contributed by atoms with Gasteiger partial charge in [0.2, 0.25) is 0 Å². The van der Waals surface area contributed by atoms with Crippen LogP contribution in [0, 0.1) is 0 Å². The lowest BCUT2D eigenvalue weighted by Crippen LogP contribution is -2.11. The Hall–Kier alpha value is -1.89. The van der Waals surface area contributed by atoms with E-state index in [2.05, 4.69) is 15.5 Å². The molecule has 18 heavy (non-hydrogen) atoms. The minimum Gasteiger partial charge on any atom is -0.321 e. The fourth-order valence-corrected chi connectivity index (χ4v) is 1.93. The molecule has 0 spiro atoms. The number of nitrogens with zero attached hydrogens (tertiary/aromatic N) is 1. The highest BCUT2D eigenvalue weighted by Gasteiger charge is 2.13. The molecule has 0 saturated carbocycles. The third-order valence-electron chi connectivity index (χ3n) is 2.11. The van der Waals surface area contributed by atoms with Gasteiger partial charge in [-0.2, -0.15) is 13.9 Å². The van der Waals surface area contributed by atoms with Gasteiger partial charge in [0.25, 0.3) is 11.7 Å². The van der Waals surface area contributed by atoms with Crippen molar-refractivity contribution in [1.82, 2.24) is 10.2 Å². The van der Waals surface area contributed by atoms with Gasteiger partial charge in [-0.25, -0.2) is 0 Å². The molecular formula is C11H9F2N3OS. The van der Waals surface area contributed by atoms with Crippen LogP contribution in [0.2, 0.25) is 0 Å².